The van der Waals surface area contributed by atoms with Crippen molar-refractivity contribution in [2.45, 2.75) is 44.6 Å². The van der Waals surface area contributed by atoms with Gasteiger partial charge in [0.05, 0.1) is 0 Å². The summed E-state index contributed by atoms with van der Waals surface area (Å²) in [5.41, 5.74) is 2.75. The minimum atomic E-state index is 0. The molecule has 1 aliphatic carbocycles. The van der Waals surface area contributed by atoms with Crippen LogP contribution < -0.4 is 10.6 Å². The Labute approximate surface area is 133 Å². The second-order valence-electron chi connectivity index (χ2n) is 6.49. The van der Waals surface area contributed by atoms with Gasteiger partial charge in [-0.3, -0.25) is 4.79 Å². The quantitative estimate of drug-likeness (QED) is 0.878. The van der Waals surface area contributed by atoms with Crippen LogP contribution in [0.25, 0.3) is 0 Å². The van der Waals surface area contributed by atoms with Gasteiger partial charge in [0.25, 0.3) is 0 Å². The van der Waals surface area contributed by atoms with Crippen molar-refractivity contribution < 1.29 is 4.79 Å². The normalized spacial score (nSPS) is 22.4. The van der Waals surface area contributed by atoms with E-state index in [-0.39, 0.29) is 23.9 Å². The first-order valence-electron chi connectivity index (χ1n) is 7.73. The molecule has 1 atom stereocenters. The molecule has 21 heavy (non-hydrogen) atoms. The Morgan fingerprint density at radius 1 is 1.38 bits per heavy atom. The first kappa shape index (κ1) is 16.3. The number of amides is 1. The Balaban J connectivity index is 0.00000161. The molecule has 1 aromatic rings. The van der Waals surface area contributed by atoms with Crippen molar-refractivity contribution >= 4 is 18.3 Å². The summed E-state index contributed by atoms with van der Waals surface area (Å²) in [7, 11) is 0. The molecule has 4 heteroatoms. The molecule has 0 bridgehead atoms. The fourth-order valence-electron chi connectivity index (χ4n) is 3.17. The summed E-state index contributed by atoms with van der Waals surface area (Å²) in [6.45, 7) is 4.21. The van der Waals surface area contributed by atoms with Gasteiger partial charge in [-0.25, -0.2) is 0 Å². The zero-order valence-corrected chi connectivity index (χ0v) is 13.5. The topological polar surface area (TPSA) is 41.1 Å². The van der Waals surface area contributed by atoms with Crippen molar-refractivity contribution in [1.82, 2.24) is 10.6 Å². The number of aryl methyl sites for hydroxylation is 1. The molecule has 2 aliphatic rings. The van der Waals surface area contributed by atoms with Crippen molar-refractivity contribution in [3.05, 3.63) is 35.4 Å². The van der Waals surface area contributed by atoms with Crippen LogP contribution in [0.4, 0.5) is 0 Å². The third-order valence-corrected chi connectivity index (χ3v) is 4.68. The van der Waals surface area contributed by atoms with E-state index < -0.39 is 0 Å². The largest absolute Gasteiger partial charge is 0.350 e. The zero-order valence-electron chi connectivity index (χ0n) is 12.7. The molecule has 0 aromatic heterocycles. The van der Waals surface area contributed by atoms with E-state index in [9.17, 15) is 4.79 Å². The van der Waals surface area contributed by atoms with Crippen LogP contribution in [0.5, 0.6) is 0 Å². The van der Waals surface area contributed by atoms with Crippen LogP contribution in [0.2, 0.25) is 0 Å². The lowest BCUT2D eigenvalue weighted by Crippen LogP contribution is -2.39. The first-order valence-corrected chi connectivity index (χ1v) is 7.73. The maximum Gasteiger partial charge on any atom is 0.220 e. The van der Waals surface area contributed by atoms with Crippen molar-refractivity contribution in [2.24, 2.45) is 5.92 Å². The van der Waals surface area contributed by atoms with E-state index >= 15 is 0 Å². The summed E-state index contributed by atoms with van der Waals surface area (Å²) in [5.74, 6) is 0.772. The van der Waals surface area contributed by atoms with Crippen LogP contribution in [0.15, 0.2) is 24.3 Å². The summed E-state index contributed by atoms with van der Waals surface area (Å²) in [4.78, 5) is 12.2. The number of carbonyl (C=O) groups is 1. The summed E-state index contributed by atoms with van der Waals surface area (Å²) in [5, 5.41) is 6.63. The number of hydrogen-bond acceptors (Lipinski definition) is 2. The average Bonchev–Trinajstić information content (AvgIpc) is 2.96. The molecule has 1 heterocycles. The van der Waals surface area contributed by atoms with Crippen LogP contribution in [0.3, 0.4) is 0 Å². The van der Waals surface area contributed by atoms with Crippen LogP contribution in [0.1, 0.15) is 36.8 Å². The summed E-state index contributed by atoms with van der Waals surface area (Å²) >= 11 is 0. The van der Waals surface area contributed by atoms with Crippen LogP contribution >= 0.6 is 12.4 Å². The SMILES string of the molecule is Cc1ccccc1CC1(NC(=O)CC2CCNC2)CC1.Cl. The number of benzene rings is 1. The van der Waals surface area contributed by atoms with E-state index in [1.54, 1.807) is 0 Å². The maximum absolute atomic E-state index is 12.2. The Morgan fingerprint density at radius 3 is 2.76 bits per heavy atom. The smallest absolute Gasteiger partial charge is 0.220 e. The van der Waals surface area contributed by atoms with E-state index in [1.165, 1.54) is 11.1 Å². The highest BCUT2D eigenvalue weighted by atomic mass is 35.5. The Kier molecular flexibility index (Phi) is 5.28. The van der Waals surface area contributed by atoms with Crippen molar-refractivity contribution in [3.63, 3.8) is 0 Å². The van der Waals surface area contributed by atoms with E-state index in [4.69, 9.17) is 0 Å². The zero-order chi connectivity index (χ0) is 14.0. The van der Waals surface area contributed by atoms with Gasteiger partial charge in [0.1, 0.15) is 0 Å². The van der Waals surface area contributed by atoms with Gasteiger partial charge in [0, 0.05) is 12.0 Å². The molecule has 0 radical (unpaired) electrons. The van der Waals surface area contributed by atoms with Crippen LogP contribution in [0, 0.1) is 12.8 Å². The van der Waals surface area contributed by atoms with Crippen molar-refractivity contribution in [2.75, 3.05) is 13.1 Å². The molecule has 0 spiro atoms. The van der Waals surface area contributed by atoms with E-state index in [2.05, 4.69) is 41.8 Å². The van der Waals surface area contributed by atoms with E-state index in [0.29, 0.717) is 12.3 Å². The highest BCUT2D eigenvalue weighted by molar-refractivity contribution is 5.85. The van der Waals surface area contributed by atoms with E-state index in [1.807, 2.05) is 0 Å². The Bertz CT molecular complexity index is 493. The van der Waals surface area contributed by atoms with Crippen molar-refractivity contribution in [3.8, 4) is 0 Å². The lowest BCUT2D eigenvalue weighted by Gasteiger charge is -2.20. The lowest BCUT2D eigenvalue weighted by atomic mass is 9.98. The van der Waals surface area contributed by atoms with E-state index in [0.717, 1.165) is 38.8 Å². The molecule has 1 saturated heterocycles. The van der Waals surface area contributed by atoms with Gasteiger partial charge in [-0.05, 0) is 62.7 Å². The second kappa shape index (κ2) is 6.80. The molecule has 1 unspecified atom stereocenters. The molecule has 1 aromatic carbocycles. The van der Waals surface area contributed by atoms with Gasteiger partial charge in [0.15, 0.2) is 0 Å². The molecule has 1 amide bonds. The molecule has 1 aliphatic heterocycles. The van der Waals surface area contributed by atoms with Gasteiger partial charge in [-0.15, -0.1) is 12.4 Å². The molecule has 2 N–H and O–H groups in total. The number of rotatable bonds is 5. The molecular formula is C17H25ClN2O. The van der Waals surface area contributed by atoms with Gasteiger partial charge in [-0.2, -0.15) is 0 Å². The lowest BCUT2D eigenvalue weighted by molar-refractivity contribution is -0.122. The average molecular weight is 309 g/mol. The Morgan fingerprint density at radius 2 is 2.14 bits per heavy atom. The fraction of sp³-hybridized carbons (Fsp3) is 0.588. The number of halogens is 1. The standard InChI is InChI=1S/C17H24N2O.ClH/c1-13-4-2-3-5-15(13)11-17(7-8-17)19-16(20)10-14-6-9-18-12-14;/h2-5,14,18H,6-12H2,1H3,(H,19,20);1H. The highest BCUT2D eigenvalue weighted by Crippen LogP contribution is 2.39. The third-order valence-electron chi connectivity index (χ3n) is 4.68. The predicted molar refractivity (Wildman–Crippen MR) is 87.8 cm³/mol. The molecule has 3 nitrogen and oxygen atoms in total. The monoisotopic (exact) mass is 308 g/mol. The summed E-state index contributed by atoms with van der Waals surface area (Å²) in [6, 6.07) is 8.49. The molecule has 1 saturated carbocycles. The minimum absolute atomic E-state index is 0. The maximum atomic E-state index is 12.2. The molecule has 2 fully saturated rings. The molecule has 3 rings (SSSR count). The Hall–Kier alpha value is -1.06. The van der Waals surface area contributed by atoms with Gasteiger partial charge < -0.3 is 10.6 Å². The third kappa shape index (κ3) is 4.21. The highest BCUT2D eigenvalue weighted by Gasteiger charge is 2.44. The summed E-state index contributed by atoms with van der Waals surface area (Å²) < 4.78 is 0. The molecular weight excluding hydrogens is 284 g/mol. The second-order valence-corrected chi connectivity index (χ2v) is 6.49. The van der Waals surface area contributed by atoms with Crippen molar-refractivity contribution in [1.29, 1.82) is 0 Å². The van der Waals surface area contributed by atoms with Gasteiger partial charge in [0.2, 0.25) is 5.91 Å². The van der Waals surface area contributed by atoms with Crippen LogP contribution in [-0.2, 0) is 11.2 Å². The van der Waals surface area contributed by atoms with Crippen LogP contribution in [-0.4, -0.2) is 24.5 Å². The number of carbonyl (C=O) groups excluding carboxylic acids is 1. The van der Waals surface area contributed by atoms with Gasteiger partial charge in [-0.1, -0.05) is 24.3 Å². The number of hydrogen-bond donors (Lipinski definition) is 2. The fourth-order valence-corrected chi connectivity index (χ4v) is 3.17. The van der Waals surface area contributed by atoms with Gasteiger partial charge >= 0.3 is 0 Å². The minimum Gasteiger partial charge on any atom is -0.350 e. The molecule has 116 valence electrons. The predicted octanol–water partition coefficient (Wildman–Crippen LogP) is 2.61. The number of nitrogens with one attached hydrogen (secondary N) is 2. The first-order chi connectivity index (χ1) is 9.67. The summed E-state index contributed by atoms with van der Waals surface area (Å²) in [6.07, 6.45) is 5.04.